The molecule has 0 amide bonds. The van der Waals surface area contributed by atoms with Crippen LogP contribution >= 0.6 is 23.2 Å². The zero-order chi connectivity index (χ0) is 21.5. The van der Waals surface area contributed by atoms with Gasteiger partial charge in [-0.3, -0.25) is 9.78 Å². The van der Waals surface area contributed by atoms with Crippen LogP contribution in [0.5, 0.6) is 0 Å². The maximum atomic E-state index is 13.2. The fourth-order valence-corrected chi connectivity index (χ4v) is 4.02. The quantitative estimate of drug-likeness (QED) is 0.380. The van der Waals surface area contributed by atoms with E-state index in [0.29, 0.717) is 32.7 Å². The number of nitrogens with zero attached hydrogens (tertiary/aromatic N) is 5. The molecule has 0 aliphatic rings. The van der Waals surface area contributed by atoms with Gasteiger partial charge in [0, 0.05) is 22.7 Å². The minimum absolute atomic E-state index is 0.254. The summed E-state index contributed by atoms with van der Waals surface area (Å²) in [6.07, 6.45) is 2.83. The largest absolute Gasteiger partial charge is 0.423 e. The molecule has 31 heavy (non-hydrogen) atoms. The molecule has 0 aliphatic carbocycles. The van der Waals surface area contributed by atoms with Gasteiger partial charge in [-0.25, -0.2) is 0 Å². The number of aromatic nitrogens is 5. The fourth-order valence-electron chi connectivity index (χ4n) is 3.46. The maximum Gasteiger partial charge on any atom is 0.298 e. The highest BCUT2D eigenvalue weighted by Gasteiger charge is 2.19. The van der Waals surface area contributed by atoms with Gasteiger partial charge in [0.1, 0.15) is 16.9 Å². The molecule has 9 heteroatoms. The second kappa shape index (κ2) is 7.61. The molecule has 5 aromatic rings. The molecule has 0 N–H and O–H groups in total. The molecular weight excluding hydrogens is 437 g/mol. The molecule has 0 radical (unpaired) electrons. The first-order valence-electron chi connectivity index (χ1n) is 9.24. The van der Waals surface area contributed by atoms with Crippen LogP contribution in [0.4, 0.5) is 0 Å². The van der Waals surface area contributed by atoms with Crippen molar-refractivity contribution >= 4 is 34.1 Å². The molecule has 0 saturated heterocycles. The summed E-state index contributed by atoms with van der Waals surface area (Å²) in [5.41, 5.74) is 3.13. The number of hydrogen-bond donors (Lipinski definition) is 0. The molecular formula is C22H13Cl2N5O2. The Bertz CT molecular complexity index is 1480. The molecule has 3 aromatic heterocycles. The van der Waals surface area contributed by atoms with Gasteiger partial charge >= 0.3 is 0 Å². The topological polar surface area (TPSA) is 86.7 Å². The van der Waals surface area contributed by atoms with Gasteiger partial charge in [0.15, 0.2) is 0 Å². The van der Waals surface area contributed by atoms with E-state index >= 15 is 0 Å². The number of benzene rings is 2. The summed E-state index contributed by atoms with van der Waals surface area (Å²) in [5.74, 6) is 0.384. The maximum absolute atomic E-state index is 13.2. The number of halogens is 2. The predicted molar refractivity (Wildman–Crippen MR) is 119 cm³/mol. The molecule has 0 unspecified atom stereocenters. The van der Waals surface area contributed by atoms with Gasteiger partial charge in [0.05, 0.1) is 10.0 Å². The van der Waals surface area contributed by atoms with Gasteiger partial charge in [0.25, 0.3) is 5.56 Å². The van der Waals surface area contributed by atoms with E-state index in [-0.39, 0.29) is 5.52 Å². The summed E-state index contributed by atoms with van der Waals surface area (Å²) in [7, 11) is 0. The van der Waals surface area contributed by atoms with E-state index in [1.165, 1.54) is 11.1 Å². The number of fused-ring (bicyclic) bond motifs is 1. The Morgan fingerprint density at radius 1 is 1.00 bits per heavy atom. The monoisotopic (exact) mass is 449 g/mol. The van der Waals surface area contributed by atoms with Crippen molar-refractivity contribution < 1.29 is 4.42 Å². The lowest BCUT2D eigenvalue weighted by molar-refractivity contribution is 0.568. The van der Waals surface area contributed by atoms with E-state index in [2.05, 4.69) is 20.3 Å². The van der Waals surface area contributed by atoms with Crippen molar-refractivity contribution in [1.82, 2.24) is 25.0 Å². The Morgan fingerprint density at radius 3 is 2.52 bits per heavy atom. The number of rotatable bonds is 3. The third kappa shape index (κ3) is 3.37. The number of pyridine rings is 1. The van der Waals surface area contributed by atoms with Crippen LogP contribution in [0.1, 0.15) is 5.56 Å². The minimum atomic E-state index is -0.417. The Balaban J connectivity index is 1.85. The Kier molecular flexibility index (Phi) is 4.77. The fraction of sp³-hybridized carbons (Fsp3) is 0.0455. The Labute approximate surface area is 185 Å². The van der Waals surface area contributed by atoms with Crippen molar-refractivity contribution in [1.29, 1.82) is 0 Å². The van der Waals surface area contributed by atoms with Gasteiger partial charge in [-0.15, -0.1) is 10.2 Å². The zero-order valence-electron chi connectivity index (χ0n) is 16.1. The minimum Gasteiger partial charge on any atom is -0.423 e. The molecule has 0 bridgehead atoms. The van der Waals surface area contributed by atoms with Crippen molar-refractivity contribution in [3.05, 3.63) is 87.1 Å². The first kappa shape index (κ1) is 19.4. The van der Waals surface area contributed by atoms with Gasteiger partial charge < -0.3 is 4.42 Å². The lowest BCUT2D eigenvalue weighted by atomic mass is 10.0. The summed E-state index contributed by atoms with van der Waals surface area (Å²) >= 11 is 12.7. The molecule has 0 fully saturated rings. The van der Waals surface area contributed by atoms with Crippen molar-refractivity contribution in [2.45, 2.75) is 6.92 Å². The van der Waals surface area contributed by atoms with E-state index in [1.807, 2.05) is 25.1 Å². The SMILES string of the molecule is Cc1cc(-c2nnco2)cc(-c2nn(-c3c(Cl)cccc3Cl)c(=O)c3ncccc23)c1. The first-order chi connectivity index (χ1) is 15.0. The predicted octanol–water partition coefficient (Wildman–Crippen LogP) is 5.11. The summed E-state index contributed by atoms with van der Waals surface area (Å²) in [5, 5.41) is 13.6. The molecule has 0 saturated carbocycles. The van der Waals surface area contributed by atoms with Crippen molar-refractivity contribution in [2.75, 3.05) is 0 Å². The summed E-state index contributed by atoms with van der Waals surface area (Å²) in [4.78, 5) is 17.5. The van der Waals surface area contributed by atoms with Crippen LogP contribution in [0.25, 0.3) is 39.3 Å². The molecule has 5 rings (SSSR count). The zero-order valence-corrected chi connectivity index (χ0v) is 17.6. The van der Waals surface area contributed by atoms with Gasteiger partial charge in [-0.1, -0.05) is 29.3 Å². The van der Waals surface area contributed by atoms with Crippen LogP contribution in [0.15, 0.2) is 70.3 Å². The van der Waals surface area contributed by atoms with E-state index in [4.69, 9.17) is 27.6 Å². The second-order valence-electron chi connectivity index (χ2n) is 6.87. The van der Waals surface area contributed by atoms with E-state index in [9.17, 15) is 4.79 Å². The van der Waals surface area contributed by atoms with Crippen LogP contribution in [0.2, 0.25) is 10.0 Å². The number of aryl methyl sites for hydroxylation is 1. The van der Waals surface area contributed by atoms with Crippen molar-refractivity contribution in [2.24, 2.45) is 0 Å². The number of para-hydroxylation sites is 1. The number of hydrogen-bond acceptors (Lipinski definition) is 6. The van der Waals surface area contributed by atoms with E-state index in [0.717, 1.165) is 16.7 Å². The molecule has 0 atom stereocenters. The van der Waals surface area contributed by atoms with Crippen LogP contribution in [-0.2, 0) is 0 Å². The normalized spacial score (nSPS) is 11.2. The average Bonchev–Trinajstić information content (AvgIpc) is 3.30. The van der Waals surface area contributed by atoms with Crippen LogP contribution in [0.3, 0.4) is 0 Å². The highest BCUT2D eigenvalue weighted by atomic mass is 35.5. The average molecular weight is 450 g/mol. The molecule has 152 valence electrons. The highest BCUT2D eigenvalue weighted by molar-refractivity contribution is 6.37. The molecule has 2 aromatic carbocycles. The van der Waals surface area contributed by atoms with Gasteiger partial charge in [-0.05, 0) is 55.0 Å². The van der Waals surface area contributed by atoms with Crippen LogP contribution in [0, 0.1) is 6.92 Å². The van der Waals surface area contributed by atoms with Gasteiger partial charge in [-0.2, -0.15) is 9.78 Å². The summed E-state index contributed by atoms with van der Waals surface area (Å²) in [6, 6.07) is 14.3. The second-order valence-corrected chi connectivity index (χ2v) is 7.68. The Hall–Kier alpha value is -3.55. The van der Waals surface area contributed by atoms with Crippen molar-refractivity contribution in [3.8, 4) is 28.4 Å². The first-order valence-corrected chi connectivity index (χ1v) is 9.99. The van der Waals surface area contributed by atoms with Crippen LogP contribution in [-0.4, -0.2) is 25.0 Å². The standard InChI is InChI=1S/C22H13Cl2N5O2/c1-12-8-13(10-14(9-12)21-27-26-11-31-21)18-15-4-3-7-25-19(15)22(30)29(28-18)20-16(23)5-2-6-17(20)24/h2-11H,1H3. The summed E-state index contributed by atoms with van der Waals surface area (Å²) in [6.45, 7) is 1.95. The third-order valence-electron chi connectivity index (χ3n) is 4.76. The smallest absolute Gasteiger partial charge is 0.298 e. The summed E-state index contributed by atoms with van der Waals surface area (Å²) < 4.78 is 6.55. The highest BCUT2D eigenvalue weighted by Crippen LogP contribution is 2.32. The lowest BCUT2D eigenvalue weighted by Gasteiger charge is -2.14. The lowest BCUT2D eigenvalue weighted by Crippen LogP contribution is -2.23. The van der Waals surface area contributed by atoms with E-state index in [1.54, 1.807) is 36.5 Å². The molecule has 7 nitrogen and oxygen atoms in total. The molecule has 0 aliphatic heterocycles. The van der Waals surface area contributed by atoms with E-state index < -0.39 is 5.56 Å². The van der Waals surface area contributed by atoms with Crippen LogP contribution < -0.4 is 5.56 Å². The molecule has 0 spiro atoms. The Morgan fingerprint density at radius 2 is 1.77 bits per heavy atom. The third-order valence-corrected chi connectivity index (χ3v) is 5.37. The van der Waals surface area contributed by atoms with Crippen molar-refractivity contribution in [3.63, 3.8) is 0 Å². The van der Waals surface area contributed by atoms with Gasteiger partial charge in [0.2, 0.25) is 12.3 Å². The molecule has 3 heterocycles.